The molecule has 0 aliphatic carbocycles. The van der Waals surface area contributed by atoms with Crippen LogP contribution in [0.15, 0.2) is 24.3 Å². The lowest BCUT2D eigenvalue weighted by molar-refractivity contribution is 0.0697. The fraction of sp³-hybridized carbons (Fsp3) is 0.462. The van der Waals surface area contributed by atoms with E-state index in [1.807, 2.05) is 19.1 Å². The molecule has 1 atom stereocenters. The molecule has 0 aliphatic heterocycles. The smallest absolute Gasteiger partial charge is 0.335 e. The van der Waals surface area contributed by atoms with Crippen LogP contribution in [0.4, 0.5) is 0 Å². The van der Waals surface area contributed by atoms with Gasteiger partial charge in [0.1, 0.15) is 0 Å². The van der Waals surface area contributed by atoms with E-state index >= 15 is 0 Å². The molecule has 88 valence electrons. The maximum Gasteiger partial charge on any atom is 0.335 e. The van der Waals surface area contributed by atoms with Crippen LogP contribution in [0.5, 0.6) is 0 Å². The van der Waals surface area contributed by atoms with Gasteiger partial charge in [-0.3, -0.25) is 0 Å². The van der Waals surface area contributed by atoms with Gasteiger partial charge in [-0.1, -0.05) is 19.1 Å². The van der Waals surface area contributed by atoms with Crippen molar-refractivity contribution in [3.8, 4) is 0 Å². The maximum absolute atomic E-state index is 10.6. The van der Waals surface area contributed by atoms with Crippen LogP contribution in [0.25, 0.3) is 0 Å². The van der Waals surface area contributed by atoms with Crippen LogP contribution in [-0.2, 0) is 6.42 Å². The Morgan fingerprint density at radius 1 is 1.31 bits per heavy atom. The van der Waals surface area contributed by atoms with E-state index < -0.39 is 5.97 Å². The minimum Gasteiger partial charge on any atom is -0.478 e. The Hall–Kier alpha value is -1.35. The van der Waals surface area contributed by atoms with Crippen molar-refractivity contribution in [1.82, 2.24) is 0 Å². The fourth-order valence-corrected chi connectivity index (χ4v) is 1.56. The largest absolute Gasteiger partial charge is 0.478 e. The third-order valence-corrected chi connectivity index (χ3v) is 2.67. The molecule has 0 aliphatic rings. The van der Waals surface area contributed by atoms with Crippen LogP contribution in [0.2, 0.25) is 0 Å². The van der Waals surface area contributed by atoms with Gasteiger partial charge in [-0.25, -0.2) is 4.79 Å². The van der Waals surface area contributed by atoms with Crippen LogP contribution in [0.3, 0.4) is 0 Å². The molecular weight excluding hydrogens is 204 g/mol. The SMILES string of the molecule is CCC(O)CCCc1ccc(C(=O)O)cc1. The van der Waals surface area contributed by atoms with E-state index in [1.165, 1.54) is 0 Å². The first-order valence-electron chi connectivity index (χ1n) is 5.63. The van der Waals surface area contributed by atoms with E-state index in [4.69, 9.17) is 5.11 Å². The molecule has 2 N–H and O–H groups in total. The molecule has 1 rings (SSSR count). The number of hydrogen-bond acceptors (Lipinski definition) is 2. The number of benzene rings is 1. The number of aromatic carboxylic acids is 1. The second-order valence-electron chi connectivity index (χ2n) is 3.96. The van der Waals surface area contributed by atoms with Gasteiger partial charge >= 0.3 is 5.97 Å². The molecule has 3 nitrogen and oxygen atoms in total. The second kappa shape index (κ2) is 6.28. The average molecular weight is 222 g/mol. The number of aliphatic hydroxyl groups is 1. The zero-order chi connectivity index (χ0) is 12.0. The molecule has 0 heterocycles. The molecule has 0 saturated heterocycles. The van der Waals surface area contributed by atoms with Gasteiger partial charge in [0.25, 0.3) is 0 Å². The third-order valence-electron chi connectivity index (χ3n) is 2.67. The van der Waals surface area contributed by atoms with Crippen molar-refractivity contribution in [1.29, 1.82) is 0 Å². The standard InChI is InChI=1S/C13H18O3/c1-2-12(14)5-3-4-10-6-8-11(9-7-10)13(15)16/h6-9,12,14H,2-5H2,1H3,(H,15,16). The van der Waals surface area contributed by atoms with E-state index in [0.717, 1.165) is 31.2 Å². The quantitative estimate of drug-likeness (QED) is 0.777. The highest BCUT2D eigenvalue weighted by Crippen LogP contribution is 2.10. The highest BCUT2D eigenvalue weighted by atomic mass is 16.4. The molecule has 1 aromatic rings. The monoisotopic (exact) mass is 222 g/mol. The number of rotatable bonds is 6. The Morgan fingerprint density at radius 2 is 1.94 bits per heavy atom. The third kappa shape index (κ3) is 4.03. The molecule has 0 fully saturated rings. The Balaban J connectivity index is 2.40. The normalized spacial score (nSPS) is 12.4. The van der Waals surface area contributed by atoms with E-state index in [0.29, 0.717) is 5.56 Å². The molecule has 16 heavy (non-hydrogen) atoms. The molecule has 1 unspecified atom stereocenters. The average Bonchev–Trinajstić information content (AvgIpc) is 2.29. The molecule has 1 aromatic carbocycles. The topological polar surface area (TPSA) is 57.5 Å². The minimum atomic E-state index is -0.895. The van der Waals surface area contributed by atoms with Crippen molar-refractivity contribution in [2.45, 2.75) is 38.7 Å². The zero-order valence-corrected chi connectivity index (χ0v) is 9.52. The molecule has 0 bridgehead atoms. The number of hydrogen-bond donors (Lipinski definition) is 2. The summed E-state index contributed by atoms with van der Waals surface area (Å²) in [5.74, 6) is -0.895. The summed E-state index contributed by atoms with van der Waals surface area (Å²) in [6.07, 6.45) is 3.20. The maximum atomic E-state index is 10.6. The van der Waals surface area contributed by atoms with Crippen LogP contribution in [-0.4, -0.2) is 22.3 Å². The summed E-state index contributed by atoms with van der Waals surface area (Å²) in [5, 5.41) is 18.1. The Morgan fingerprint density at radius 3 is 2.44 bits per heavy atom. The Bertz CT molecular complexity index is 330. The summed E-state index contributed by atoms with van der Waals surface area (Å²) in [4.78, 5) is 10.6. The van der Waals surface area contributed by atoms with Gasteiger partial charge < -0.3 is 10.2 Å². The van der Waals surface area contributed by atoms with Crippen molar-refractivity contribution >= 4 is 5.97 Å². The number of aliphatic hydroxyl groups excluding tert-OH is 1. The summed E-state index contributed by atoms with van der Waals surface area (Å²) in [6, 6.07) is 6.91. The zero-order valence-electron chi connectivity index (χ0n) is 9.52. The van der Waals surface area contributed by atoms with E-state index in [-0.39, 0.29) is 6.10 Å². The van der Waals surface area contributed by atoms with E-state index in [1.54, 1.807) is 12.1 Å². The number of carbonyl (C=O) groups is 1. The van der Waals surface area contributed by atoms with Gasteiger partial charge in [-0.2, -0.15) is 0 Å². The first-order valence-corrected chi connectivity index (χ1v) is 5.63. The molecule has 0 saturated carbocycles. The van der Waals surface area contributed by atoms with Crippen molar-refractivity contribution in [3.05, 3.63) is 35.4 Å². The summed E-state index contributed by atoms with van der Waals surface area (Å²) >= 11 is 0. The lowest BCUT2D eigenvalue weighted by Crippen LogP contribution is -2.04. The lowest BCUT2D eigenvalue weighted by Gasteiger charge is -2.07. The van der Waals surface area contributed by atoms with Crippen molar-refractivity contribution in [2.24, 2.45) is 0 Å². The van der Waals surface area contributed by atoms with Crippen molar-refractivity contribution in [3.63, 3.8) is 0 Å². The van der Waals surface area contributed by atoms with Gasteiger partial charge in [0.2, 0.25) is 0 Å². The molecular formula is C13H18O3. The first-order chi connectivity index (χ1) is 7.63. The van der Waals surface area contributed by atoms with Gasteiger partial charge in [0.05, 0.1) is 11.7 Å². The molecule has 0 radical (unpaired) electrons. The first kappa shape index (κ1) is 12.7. The van der Waals surface area contributed by atoms with Crippen molar-refractivity contribution < 1.29 is 15.0 Å². The van der Waals surface area contributed by atoms with Gasteiger partial charge in [0.15, 0.2) is 0 Å². The molecule has 0 spiro atoms. The number of carboxylic acid groups (broad SMARTS) is 1. The summed E-state index contributed by atoms with van der Waals surface area (Å²) in [6.45, 7) is 1.96. The van der Waals surface area contributed by atoms with Gasteiger partial charge in [-0.05, 0) is 43.4 Å². The summed E-state index contributed by atoms with van der Waals surface area (Å²) in [5.41, 5.74) is 1.44. The Labute approximate surface area is 95.7 Å². The van der Waals surface area contributed by atoms with E-state index in [9.17, 15) is 9.90 Å². The van der Waals surface area contributed by atoms with Crippen molar-refractivity contribution in [2.75, 3.05) is 0 Å². The molecule has 3 heteroatoms. The van der Waals surface area contributed by atoms with Crippen LogP contribution < -0.4 is 0 Å². The van der Waals surface area contributed by atoms with Gasteiger partial charge in [-0.15, -0.1) is 0 Å². The summed E-state index contributed by atoms with van der Waals surface area (Å²) in [7, 11) is 0. The summed E-state index contributed by atoms with van der Waals surface area (Å²) < 4.78 is 0. The lowest BCUT2D eigenvalue weighted by atomic mass is 10.0. The van der Waals surface area contributed by atoms with Crippen LogP contribution >= 0.6 is 0 Å². The van der Waals surface area contributed by atoms with Crippen LogP contribution in [0.1, 0.15) is 42.1 Å². The van der Waals surface area contributed by atoms with Crippen LogP contribution in [0, 0.1) is 0 Å². The minimum absolute atomic E-state index is 0.210. The second-order valence-corrected chi connectivity index (χ2v) is 3.96. The predicted molar refractivity (Wildman–Crippen MR) is 62.6 cm³/mol. The molecule has 0 amide bonds. The number of carboxylic acids is 1. The Kier molecular flexibility index (Phi) is 4.99. The predicted octanol–water partition coefficient (Wildman–Crippen LogP) is 2.48. The van der Waals surface area contributed by atoms with E-state index in [2.05, 4.69) is 0 Å². The highest BCUT2D eigenvalue weighted by Gasteiger charge is 2.03. The highest BCUT2D eigenvalue weighted by molar-refractivity contribution is 5.87. The molecule has 0 aromatic heterocycles. The van der Waals surface area contributed by atoms with Gasteiger partial charge in [0, 0.05) is 0 Å². The fourth-order valence-electron chi connectivity index (χ4n) is 1.56. The number of aryl methyl sites for hydroxylation is 1.